The third kappa shape index (κ3) is 2.87. The molecule has 0 spiro atoms. The van der Waals surface area contributed by atoms with E-state index >= 15 is 0 Å². The number of rotatable bonds is 4. The molecule has 0 radical (unpaired) electrons. The van der Waals surface area contributed by atoms with Gasteiger partial charge in [0.05, 0.1) is 12.2 Å². The van der Waals surface area contributed by atoms with E-state index in [1.54, 1.807) is 0 Å². The first-order valence-electron chi connectivity index (χ1n) is 6.54. The maximum absolute atomic E-state index is 8.87. The summed E-state index contributed by atoms with van der Waals surface area (Å²) < 4.78 is 2.19. The number of likely N-dealkylation sites (tertiary alicyclic amines) is 1. The van der Waals surface area contributed by atoms with Crippen LogP contribution in [0.4, 0.5) is 0 Å². The smallest absolute Gasteiger partial charge is 0.0546 e. The van der Waals surface area contributed by atoms with Crippen molar-refractivity contribution in [3.8, 4) is 0 Å². The lowest BCUT2D eigenvalue weighted by atomic mass is 10.0. The standard InChI is InChI=1S/C13H23N3O/c1-11-12(4-3-9-17)10-14-16(11)13-5-7-15(2)8-6-13/h10,13,17H,3-9H2,1-2H3. The van der Waals surface area contributed by atoms with Crippen LogP contribution >= 0.6 is 0 Å². The molecular weight excluding hydrogens is 214 g/mol. The fourth-order valence-electron chi connectivity index (χ4n) is 2.58. The molecule has 1 aromatic rings. The Balaban J connectivity index is 2.03. The maximum atomic E-state index is 8.87. The molecule has 4 heteroatoms. The minimum absolute atomic E-state index is 0.263. The number of aromatic nitrogens is 2. The quantitative estimate of drug-likeness (QED) is 0.860. The number of hydrogen-bond acceptors (Lipinski definition) is 3. The van der Waals surface area contributed by atoms with E-state index in [-0.39, 0.29) is 6.61 Å². The molecule has 0 unspecified atom stereocenters. The van der Waals surface area contributed by atoms with Gasteiger partial charge in [0.15, 0.2) is 0 Å². The molecule has 1 N–H and O–H groups in total. The molecule has 1 aliphatic rings. The Hall–Kier alpha value is -0.870. The van der Waals surface area contributed by atoms with Crippen LogP contribution in [-0.4, -0.2) is 46.5 Å². The Morgan fingerprint density at radius 2 is 2.12 bits per heavy atom. The predicted molar refractivity (Wildman–Crippen MR) is 68.1 cm³/mol. The Bertz CT molecular complexity index is 354. The second-order valence-electron chi connectivity index (χ2n) is 5.06. The summed E-state index contributed by atoms with van der Waals surface area (Å²) in [6, 6.07) is 0.564. The molecule has 1 saturated heterocycles. The van der Waals surface area contributed by atoms with Gasteiger partial charge in [-0.3, -0.25) is 4.68 Å². The third-order valence-corrected chi connectivity index (χ3v) is 3.78. The van der Waals surface area contributed by atoms with Gasteiger partial charge in [0.2, 0.25) is 0 Å². The van der Waals surface area contributed by atoms with Crippen molar-refractivity contribution in [2.75, 3.05) is 26.7 Å². The lowest BCUT2D eigenvalue weighted by Gasteiger charge is -2.29. The maximum Gasteiger partial charge on any atom is 0.0546 e. The summed E-state index contributed by atoms with van der Waals surface area (Å²) in [5.74, 6) is 0. The topological polar surface area (TPSA) is 41.3 Å². The fraction of sp³-hybridized carbons (Fsp3) is 0.769. The van der Waals surface area contributed by atoms with Crippen LogP contribution in [0.1, 0.15) is 36.6 Å². The van der Waals surface area contributed by atoms with Crippen LogP contribution in [0.25, 0.3) is 0 Å². The summed E-state index contributed by atoms with van der Waals surface area (Å²) in [4.78, 5) is 2.38. The largest absolute Gasteiger partial charge is 0.396 e. The van der Waals surface area contributed by atoms with Crippen molar-refractivity contribution >= 4 is 0 Å². The van der Waals surface area contributed by atoms with Crippen molar-refractivity contribution in [1.82, 2.24) is 14.7 Å². The summed E-state index contributed by atoms with van der Waals surface area (Å²) in [6.07, 6.45) is 6.13. The number of piperidine rings is 1. The Labute approximate surface area is 103 Å². The highest BCUT2D eigenvalue weighted by Gasteiger charge is 2.20. The lowest BCUT2D eigenvalue weighted by molar-refractivity contribution is 0.210. The van der Waals surface area contributed by atoms with Gasteiger partial charge in [0.25, 0.3) is 0 Å². The summed E-state index contributed by atoms with van der Waals surface area (Å²) >= 11 is 0. The van der Waals surface area contributed by atoms with Gasteiger partial charge in [-0.15, -0.1) is 0 Å². The van der Waals surface area contributed by atoms with Gasteiger partial charge in [-0.05, 0) is 58.3 Å². The Morgan fingerprint density at radius 3 is 2.76 bits per heavy atom. The van der Waals surface area contributed by atoms with Crippen molar-refractivity contribution in [1.29, 1.82) is 0 Å². The molecule has 17 heavy (non-hydrogen) atoms. The zero-order valence-electron chi connectivity index (χ0n) is 10.9. The van der Waals surface area contributed by atoms with Gasteiger partial charge in [0, 0.05) is 12.3 Å². The number of hydrogen-bond donors (Lipinski definition) is 1. The number of nitrogens with zero attached hydrogens (tertiary/aromatic N) is 3. The first-order chi connectivity index (χ1) is 8.22. The SMILES string of the molecule is Cc1c(CCCO)cnn1C1CCN(C)CC1. The average molecular weight is 237 g/mol. The summed E-state index contributed by atoms with van der Waals surface area (Å²) in [6.45, 7) is 4.74. The van der Waals surface area contributed by atoms with Gasteiger partial charge in [-0.25, -0.2) is 0 Å². The van der Waals surface area contributed by atoms with Crippen molar-refractivity contribution in [2.45, 2.75) is 38.6 Å². The molecule has 2 heterocycles. The van der Waals surface area contributed by atoms with E-state index in [0.29, 0.717) is 6.04 Å². The highest BCUT2D eigenvalue weighted by molar-refractivity contribution is 5.17. The molecular formula is C13H23N3O. The molecule has 1 fully saturated rings. The molecule has 4 nitrogen and oxygen atoms in total. The average Bonchev–Trinajstić information content (AvgIpc) is 2.69. The molecule has 0 bridgehead atoms. The zero-order chi connectivity index (χ0) is 12.3. The monoisotopic (exact) mass is 237 g/mol. The molecule has 1 aliphatic heterocycles. The molecule has 0 amide bonds. The van der Waals surface area contributed by atoms with Crippen molar-refractivity contribution < 1.29 is 5.11 Å². The van der Waals surface area contributed by atoms with Crippen LogP contribution in [0.5, 0.6) is 0 Å². The van der Waals surface area contributed by atoms with Gasteiger partial charge >= 0.3 is 0 Å². The van der Waals surface area contributed by atoms with Crippen molar-refractivity contribution in [3.05, 3.63) is 17.5 Å². The first kappa shape index (κ1) is 12.6. The second-order valence-corrected chi connectivity index (χ2v) is 5.06. The van der Waals surface area contributed by atoms with E-state index in [2.05, 4.69) is 28.7 Å². The molecule has 96 valence electrons. The normalized spacial score (nSPS) is 18.8. The second kappa shape index (κ2) is 5.65. The summed E-state index contributed by atoms with van der Waals surface area (Å²) in [7, 11) is 2.18. The first-order valence-corrected chi connectivity index (χ1v) is 6.54. The van der Waals surface area contributed by atoms with Gasteiger partial charge < -0.3 is 10.0 Å². The highest BCUT2D eigenvalue weighted by Crippen LogP contribution is 2.24. The van der Waals surface area contributed by atoms with E-state index in [1.807, 2.05) is 6.20 Å². The third-order valence-electron chi connectivity index (χ3n) is 3.78. The van der Waals surface area contributed by atoms with Crippen LogP contribution in [-0.2, 0) is 6.42 Å². The highest BCUT2D eigenvalue weighted by atomic mass is 16.2. The van der Waals surface area contributed by atoms with Crippen molar-refractivity contribution in [3.63, 3.8) is 0 Å². The Morgan fingerprint density at radius 1 is 1.41 bits per heavy atom. The number of aliphatic hydroxyl groups excluding tert-OH is 1. The van der Waals surface area contributed by atoms with Gasteiger partial charge in [-0.2, -0.15) is 5.10 Å². The molecule has 0 atom stereocenters. The molecule has 0 aromatic carbocycles. The number of aryl methyl sites for hydroxylation is 1. The minimum atomic E-state index is 0.263. The molecule has 0 saturated carbocycles. The van der Waals surface area contributed by atoms with Crippen LogP contribution in [0.3, 0.4) is 0 Å². The van der Waals surface area contributed by atoms with E-state index in [4.69, 9.17) is 5.11 Å². The van der Waals surface area contributed by atoms with Gasteiger partial charge in [0.1, 0.15) is 0 Å². The lowest BCUT2D eigenvalue weighted by Crippen LogP contribution is -2.32. The predicted octanol–water partition coefficient (Wildman–Crippen LogP) is 1.38. The summed E-state index contributed by atoms with van der Waals surface area (Å²) in [5, 5.41) is 13.4. The van der Waals surface area contributed by atoms with E-state index in [0.717, 1.165) is 25.9 Å². The fourth-order valence-corrected chi connectivity index (χ4v) is 2.58. The molecule has 1 aromatic heterocycles. The van der Waals surface area contributed by atoms with E-state index < -0.39 is 0 Å². The van der Waals surface area contributed by atoms with Crippen LogP contribution in [0.15, 0.2) is 6.20 Å². The van der Waals surface area contributed by atoms with Crippen LogP contribution < -0.4 is 0 Å². The van der Waals surface area contributed by atoms with Crippen LogP contribution in [0.2, 0.25) is 0 Å². The van der Waals surface area contributed by atoms with Crippen LogP contribution in [0, 0.1) is 6.92 Å². The number of aliphatic hydroxyl groups is 1. The van der Waals surface area contributed by atoms with Gasteiger partial charge in [-0.1, -0.05) is 0 Å². The molecule has 0 aliphatic carbocycles. The molecule has 2 rings (SSSR count). The van der Waals surface area contributed by atoms with E-state index in [9.17, 15) is 0 Å². The van der Waals surface area contributed by atoms with Crippen molar-refractivity contribution in [2.24, 2.45) is 0 Å². The Kier molecular flexibility index (Phi) is 4.18. The zero-order valence-corrected chi connectivity index (χ0v) is 10.9. The van der Waals surface area contributed by atoms with E-state index in [1.165, 1.54) is 24.1 Å². The minimum Gasteiger partial charge on any atom is -0.396 e. The summed E-state index contributed by atoms with van der Waals surface area (Å²) in [5.41, 5.74) is 2.57.